The van der Waals surface area contributed by atoms with E-state index in [0.717, 1.165) is 51.4 Å². The Balaban J connectivity index is 3.74. The van der Waals surface area contributed by atoms with E-state index < -0.39 is 26.5 Å². The van der Waals surface area contributed by atoms with Gasteiger partial charge in [-0.2, -0.15) is 0 Å². The second kappa shape index (κ2) is 64.4. The molecule has 0 bridgehead atoms. The third-order valence-corrected chi connectivity index (χ3v) is 16.2. The van der Waals surface area contributed by atoms with E-state index in [-0.39, 0.29) is 38.6 Å². The standard InChI is InChI=1S/C68H130NO8P/c1-3-5-7-9-11-13-15-17-19-21-23-24-25-26-27-28-29-30-31-32-33-34-35-36-37-38-39-40-41-42-43-45-46-48-50-52-54-56-58-60-67(70)74-64-66(65-76-78(72,73)75-63-62-69)77-68(71)61-59-57-55-53-51-49-47-44-22-20-18-16-14-12-10-8-6-4-2/h14,16,20-23,66H,3-13,15,17-19,24-65,69H2,1-2H3,(H,72,73)/b16-14-,22-20-,23-21-. The monoisotopic (exact) mass is 1120 g/mol. The fraction of sp³-hybridized carbons (Fsp3) is 0.882. The average molecular weight is 1120 g/mol. The van der Waals surface area contributed by atoms with E-state index in [4.69, 9.17) is 24.3 Å². The van der Waals surface area contributed by atoms with Crippen molar-refractivity contribution in [3.05, 3.63) is 36.5 Å². The number of allylic oxidation sites excluding steroid dienone is 6. The van der Waals surface area contributed by atoms with Crippen LogP contribution in [0.3, 0.4) is 0 Å². The quantitative estimate of drug-likeness (QED) is 0.0264. The molecule has 0 saturated carbocycles. The predicted molar refractivity (Wildman–Crippen MR) is 335 cm³/mol. The molecule has 0 aromatic carbocycles. The molecule has 0 amide bonds. The highest BCUT2D eigenvalue weighted by Gasteiger charge is 2.26. The minimum absolute atomic E-state index is 0.0535. The lowest BCUT2D eigenvalue weighted by Gasteiger charge is -2.19. The smallest absolute Gasteiger partial charge is 0.462 e. The summed E-state index contributed by atoms with van der Waals surface area (Å²) in [6.45, 7) is 3.77. The number of carbonyl (C=O) groups excluding carboxylic acids is 2. The molecule has 10 heteroatoms. The molecule has 3 N–H and O–H groups in total. The molecule has 460 valence electrons. The van der Waals surface area contributed by atoms with Gasteiger partial charge in [-0.3, -0.25) is 18.6 Å². The molecule has 0 radical (unpaired) electrons. The lowest BCUT2D eigenvalue weighted by Crippen LogP contribution is -2.29. The number of hydrogen-bond acceptors (Lipinski definition) is 8. The molecule has 0 aromatic rings. The molecule has 0 spiro atoms. The largest absolute Gasteiger partial charge is 0.472 e. The first-order valence-corrected chi connectivity index (χ1v) is 35.5. The fourth-order valence-corrected chi connectivity index (χ4v) is 11.0. The molecule has 2 unspecified atom stereocenters. The molecule has 0 aromatic heterocycles. The maximum Gasteiger partial charge on any atom is 0.472 e. The van der Waals surface area contributed by atoms with Crippen LogP contribution in [-0.2, 0) is 32.7 Å². The van der Waals surface area contributed by atoms with Gasteiger partial charge in [0.15, 0.2) is 6.10 Å². The third-order valence-electron chi connectivity index (χ3n) is 15.2. The number of ether oxygens (including phenoxy) is 2. The van der Waals surface area contributed by atoms with Crippen LogP contribution in [0.2, 0.25) is 0 Å². The Hall–Kier alpha value is -1.77. The molecule has 0 fully saturated rings. The van der Waals surface area contributed by atoms with E-state index in [2.05, 4.69) is 50.3 Å². The Morgan fingerprint density at radius 2 is 0.667 bits per heavy atom. The summed E-state index contributed by atoms with van der Waals surface area (Å²) in [5, 5.41) is 0. The van der Waals surface area contributed by atoms with Crippen molar-refractivity contribution < 1.29 is 37.6 Å². The Labute approximate surface area is 484 Å². The van der Waals surface area contributed by atoms with Crippen molar-refractivity contribution in [3.8, 4) is 0 Å². The van der Waals surface area contributed by atoms with Gasteiger partial charge in [-0.15, -0.1) is 0 Å². The van der Waals surface area contributed by atoms with Crippen LogP contribution in [0.5, 0.6) is 0 Å². The fourth-order valence-electron chi connectivity index (χ4n) is 10.2. The van der Waals surface area contributed by atoms with Crippen LogP contribution in [0.4, 0.5) is 0 Å². The molecule has 2 atom stereocenters. The zero-order valence-corrected chi connectivity index (χ0v) is 52.6. The third kappa shape index (κ3) is 63.4. The number of carbonyl (C=O) groups is 2. The van der Waals surface area contributed by atoms with Gasteiger partial charge in [0.1, 0.15) is 6.61 Å². The molecule has 78 heavy (non-hydrogen) atoms. The SMILES string of the molecule is CCCCCC/C=C\C/C=C\CCCCCCCCCC(=O)OC(COC(=O)CCCCCCCCCCCCCCCCCCCCCCCCCCCCC/C=C\CCCCCCCCCC)COP(=O)(O)OCCN. The summed E-state index contributed by atoms with van der Waals surface area (Å²) < 4.78 is 33.1. The van der Waals surface area contributed by atoms with Crippen molar-refractivity contribution in [3.63, 3.8) is 0 Å². The molecule has 9 nitrogen and oxygen atoms in total. The summed E-state index contributed by atoms with van der Waals surface area (Å²) in [5.74, 6) is -0.820. The summed E-state index contributed by atoms with van der Waals surface area (Å²) in [7, 11) is -4.39. The van der Waals surface area contributed by atoms with Gasteiger partial charge in [0.2, 0.25) is 0 Å². The number of nitrogens with two attached hydrogens (primary N) is 1. The Morgan fingerprint density at radius 1 is 0.385 bits per heavy atom. The van der Waals surface area contributed by atoms with Crippen LogP contribution >= 0.6 is 7.82 Å². The first-order chi connectivity index (χ1) is 38.3. The van der Waals surface area contributed by atoms with Gasteiger partial charge in [-0.05, 0) is 70.6 Å². The Morgan fingerprint density at radius 3 is 1.00 bits per heavy atom. The van der Waals surface area contributed by atoms with Crippen LogP contribution in [0.1, 0.15) is 354 Å². The molecule has 0 aliphatic carbocycles. The van der Waals surface area contributed by atoms with Gasteiger partial charge >= 0.3 is 19.8 Å². The minimum atomic E-state index is -4.39. The van der Waals surface area contributed by atoms with Crippen molar-refractivity contribution in [2.75, 3.05) is 26.4 Å². The Bertz CT molecular complexity index is 1370. The van der Waals surface area contributed by atoms with E-state index in [9.17, 15) is 19.0 Å². The van der Waals surface area contributed by atoms with Crippen LogP contribution in [-0.4, -0.2) is 49.3 Å². The Kier molecular flexibility index (Phi) is 62.9. The topological polar surface area (TPSA) is 134 Å². The second-order valence-corrected chi connectivity index (χ2v) is 24.5. The van der Waals surface area contributed by atoms with E-state index in [1.165, 1.54) is 270 Å². The number of hydrogen-bond donors (Lipinski definition) is 2. The van der Waals surface area contributed by atoms with Gasteiger partial charge in [0.05, 0.1) is 13.2 Å². The average Bonchev–Trinajstić information content (AvgIpc) is 3.43. The summed E-state index contributed by atoms with van der Waals surface area (Å²) >= 11 is 0. The maximum atomic E-state index is 12.7. The van der Waals surface area contributed by atoms with Crippen LogP contribution in [0, 0.1) is 0 Å². The van der Waals surface area contributed by atoms with Gasteiger partial charge in [-0.1, -0.05) is 307 Å². The van der Waals surface area contributed by atoms with E-state index in [0.29, 0.717) is 6.42 Å². The molecule has 0 aliphatic heterocycles. The molecular weight excluding hydrogens is 990 g/mol. The van der Waals surface area contributed by atoms with Crippen molar-refractivity contribution in [1.82, 2.24) is 0 Å². The number of unbranched alkanes of at least 4 members (excludes halogenated alkanes) is 46. The molecule has 0 rings (SSSR count). The zero-order chi connectivity index (χ0) is 56.6. The normalized spacial score (nSPS) is 13.1. The van der Waals surface area contributed by atoms with Crippen molar-refractivity contribution in [2.24, 2.45) is 5.73 Å². The lowest BCUT2D eigenvalue weighted by molar-refractivity contribution is -0.161. The van der Waals surface area contributed by atoms with E-state index in [1.54, 1.807) is 0 Å². The van der Waals surface area contributed by atoms with Gasteiger partial charge < -0.3 is 20.1 Å². The highest BCUT2D eigenvalue weighted by Crippen LogP contribution is 2.43. The number of esters is 2. The zero-order valence-electron chi connectivity index (χ0n) is 51.7. The van der Waals surface area contributed by atoms with Crippen molar-refractivity contribution in [2.45, 2.75) is 360 Å². The van der Waals surface area contributed by atoms with Crippen LogP contribution in [0.25, 0.3) is 0 Å². The van der Waals surface area contributed by atoms with Crippen molar-refractivity contribution >= 4 is 19.8 Å². The lowest BCUT2D eigenvalue weighted by atomic mass is 10.0. The first kappa shape index (κ1) is 76.2. The maximum absolute atomic E-state index is 12.7. The summed E-state index contributed by atoms with van der Waals surface area (Å²) in [6.07, 6.45) is 79.7. The highest BCUT2D eigenvalue weighted by atomic mass is 31.2. The summed E-state index contributed by atoms with van der Waals surface area (Å²) in [5.41, 5.74) is 5.39. The minimum Gasteiger partial charge on any atom is -0.462 e. The number of phosphoric ester groups is 1. The van der Waals surface area contributed by atoms with E-state index >= 15 is 0 Å². The van der Waals surface area contributed by atoms with Gasteiger partial charge in [-0.25, -0.2) is 4.57 Å². The molecule has 0 saturated heterocycles. The van der Waals surface area contributed by atoms with E-state index in [1.807, 2.05) is 0 Å². The summed E-state index contributed by atoms with van der Waals surface area (Å²) in [4.78, 5) is 35.2. The molecular formula is C68H130NO8P. The first-order valence-electron chi connectivity index (χ1n) is 34.0. The molecule has 0 heterocycles. The van der Waals surface area contributed by atoms with Crippen LogP contribution in [0.15, 0.2) is 36.5 Å². The molecule has 0 aliphatic rings. The number of phosphoric acid groups is 1. The van der Waals surface area contributed by atoms with Crippen LogP contribution < -0.4 is 5.73 Å². The second-order valence-electron chi connectivity index (χ2n) is 23.0. The highest BCUT2D eigenvalue weighted by molar-refractivity contribution is 7.47. The van der Waals surface area contributed by atoms with Gasteiger partial charge in [0, 0.05) is 19.4 Å². The summed E-state index contributed by atoms with van der Waals surface area (Å²) in [6, 6.07) is 0. The number of rotatable bonds is 65. The predicted octanol–water partition coefficient (Wildman–Crippen LogP) is 21.9. The van der Waals surface area contributed by atoms with Crippen molar-refractivity contribution in [1.29, 1.82) is 0 Å². The van der Waals surface area contributed by atoms with Gasteiger partial charge in [0.25, 0.3) is 0 Å².